The molecule has 0 amide bonds. The summed E-state index contributed by atoms with van der Waals surface area (Å²) in [5.74, 6) is 0.911. The Hall–Kier alpha value is -2.33. The molecule has 21 heavy (non-hydrogen) atoms. The van der Waals surface area contributed by atoms with Crippen molar-refractivity contribution in [2.75, 3.05) is 31.5 Å². The first-order chi connectivity index (χ1) is 10.4. The molecule has 1 fully saturated rings. The van der Waals surface area contributed by atoms with E-state index in [1.807, 2.05) is 48.5 Å². The van der Waals surface area contributed by atoms with E-state index in [-0.39, 0.29) is 0 Å². The van der Waals surface area contributed by atoms with Gasteiger partial charge in [0.1, 0.15) is 0 Å². The van der Waals surface area contributed by atoms with Crippen LogP contribution in [0.1, 0.15) is 0 Å². The van der Waals surface area contributed by atoms with Crippen LogP contribution in [-0.2, 0) is 0 Å². The quantitative estimate of drug-likeness (QED) is 0.656. The van der Waals surface area contributed by atoms with Crippen molar-refractivity contribution in [3.63, 3.8) is 0 Å². The average molecular weight is 280 g/mol. The lowest BCUT2D eigenvalue weighted by Gasteiger charge is -2.30. The fourth-order valence-electron chi connectivity index (χ4n) is 2.33. The summed E-state index contributed by atoms with van der Waals surface area (Å²) in [6, 6.07) is 20.3. The van der Waals surface area contributed by atoms with E-state index < -0.39 is 0 Å². The molecule has 0 bridgehead atoms. The highest BCUT2D eigenvalue weighted by atomic mass is 15.3. The summed E-state index contributed by atoms with van der Waals surface area (Å²) in [5, 5.41) is 6.82. The number of benzene rings is 2. The van der Waals surface area contributed by atoms with Crippen molar-refractivity contribution in [2.24, 2.45) is 4.99 Å². The highest BCUT2D eigenvalue weighted by molar-refractivity contribution is 5.95. The van der Waals surface area contributed by atoms with E-state index >= 15 is 0 Å². The maximum atomic E-state index is 4.78. The maximum Gasteiger partial charge on any atom is 0.203 e. The Kier molecular flexibility index (Phi) is 4.49. The fourth-order valence-corrected chi connectivity index (χ4v) is 2.33. The van der Waals surface area contributed by atoms with Crippen LogP contribution in [0.2, 0.25) is 0 Å². The van der Waals surface area contributed by atoms with E-state index in [0.29, 0.717) is 0 Å². The summed E-state index contributed by atoms with van der Waals surface area (Å²) < 4.78 is 0. The number of piperazine rings is 1. The number of aliphatic imine (C=N–C) groups is 1. The molecule has 1 heterocycles. The summed E-state index contributed by atoms with van der Waals surface area (Å²) in [6.45, 7) is 3.91. The van der Waals surface area contributed by atoms with Crippen molar-refractivity contribution < 1.29 is 0 Å². The summed E-state index contributed by atoms with van der Waals surface area (Å²) >= 11 is 0. The number of rotatable bonds is 2. The summed E-state index contributed by atoms with van der Waals surface area (Å²) in [4.78, 5) is 7.07. The van der Waals surface area contributed by atoms with Gasteiger partial charge in [0.15, 0.2) is 0 Å². The molecule has 0 unspecified atom stereocenters. The van der Waals surface area contributed by atoms with E-state index in [1.54, 1.807) is 0 Å². The second-order valence-electron chi connectivity index (χ2n) is 5.00. The van der Waals surface area contributed by atoms with E-state index in [0.717, 1.165) is 43.5 Å². The van der Waals surface area contributed by atoms with Gasteiger partial charge in [-0.15, -0.1) is 0 Å². The third-order valence-corrected chi connectivity index (χ3v) is 3.44. The normalized spacial score (nSPS) is 15.8. The zero-order valence-corrected chi connectivity index (χ0v) is 12.0. The van der Waals surface area contributed by atoms with Gasteiger partial charge in [0, 0.05) is 31.9 Å². The van der Waals surface area contributed by atoms with Gasteiger partial charge in [0.25, 0.3) is 0 Å². The lowest BCUT2D eigenvalue weighted by atomic mass is 10.3. The molecule has 0 radical (unpaired) electrons. The summed E-state index contributed by atoms with van der Waals surface area (Å²) in [6.07, 6.45) is 0. The molecular weight excluding hydrogens is 260 g/mol. The first-order valence-electron chi connectivity index (χ1n) is 7.33. The summed E-state index contributed by atoms with van der Waals surface area (Å²) in [5.41, 5.74) is 2.03. The van der Waals surface area contributed by atoms with Crippen LogP contribution in [0.25, 0.3) is 0 Å². The number of nitrogens with zero attached hydrogens (tertiary/aromatic N) is 2. The summed E-state index contributed by atoms with van der Waals surface area (Å²) in [7, 11) is 0. The van der Waals surface area contributed by atoms with E-state index in [4.69, 9.17) is 4.99 Å². The van der Waals surface area contributed by atoms with Crippen molar-refractivity contribution in [1.29, 1.82) is 0 Å². The van der Waals surface area contributed by atoms with Gasteiger partial charge in [-0.05, 0) is 24.3 Å². The number of nitrogens with one attached hydrogen (secondary N) is 2. The van der Waals surface area contributed by atoms with Crippen molar-refractivity contribution in [1.82, 2.24) is 10.2 Å². The molecule has 1 aliphatic heterocycles. The van der Waals surface area contributed by atoms with Crippen molar-refractivity contribution in [2.45, 2.75) is 0 Å². The number of para-hydroxylation sites is 2. The third-order valence-electron chi connectivity index (χ3n) is 3.44. The van der Waals surface area contributed by atoms with Crippen LogP contribution in [-0.4, -0.2) is 37.0 Å². The Morgan fingerprint density at radius 1 is 0.905 bits per heavy atom. The Morgan fingerprint density at radius 3 is 2.19 bits per heavy atom. The highest BCUT2D eigenvalue weighted by Crippen LogP contribution is 2.14. The number of guanidine groups is 1. The smallest absolute Gasteiger partial charge is 0.203 e. The number of hydrogen-bond donors (Lipinski definition) is 2. The minimum Gasteiger partial charge on any atom is -0.340 e. The van der Waals surface area contributed by atoms with E-state index in [1.165, 1.54) is 0 Å². The minimum absolute atomic E-state index is 0.911. The van der Waals surface area contributed by atoms with Crippen LogP contribution in [0, 0.1) is 0 Å². The van der Waals surface area contributed by atoms with Gasteiger partial charge < -0.3 is 15.5 Å². The van der Waals surface area contributed by atoms with Crippen LogP contribution in [0.15, 0.2) is 65.7 Å². The first-order valence-corrected chi connectivity index (χ1v) is 7.33. The number of hydrogen-bond acceptors (Lipinski definition) is 2. The Morgan fingerprint density at radius 2 is 1.52 bits per heavy atom. The van der Waals surface area contributed by atoms with E-state index in [2.05, 4.69) is 27.7 Å². The van der Waals surface area contributed by atoms with Gasteiger partial charge in [-0.3, -0.25) is 0 Å². The van der Waals surface area contributed by atoms with Crippen LogP contribution >= 0.6 is 0 Å². The van der Waals surface area contributed by atoms with Crippen molar-refractivity contribution >= 4 is 17.3 Å². The average Bonchev–Trinajstić information content (AvgIpc) is 2.57. The SMILES string of the molecule is c1ccc(N=C(Nc2ccccc2)N2CCNCC2)cc1. The second kappa shape index (κ2) is 6.90. The molecule has 0 saturated carbocycles. The lowest BCUT2D eigenvalue weighted by molar-refractivity contribution is 0.357. The largest absolute Gasteiger partial charge is 0.340 e. The van der Waals surface area contributed by atoms with Crippen LogP contribution < -0.4 is 10.6 Å². The van der Waals surface area contributed by atoms with Gasteiger partial charge in [-0.2, -0.15) is 0 Å². The van der Waals surface area contributed by atoms with E-state index in [9.17, 15) is 0 Å². The second-order valence-corrected chi connectivity index (χ2v) is 5.00. The molecule has 0 aliphatic carbocycles. The minimum atomic E-state index is 0.911. The van der Waals surface area contributed by atoms with Crippen LogP contribution in [0.4, 0.5) is 11.4 Å². The van der Waals surface area contributed by atoms with Gasteiger partial charge in [-0.1, -0.05) is 36.4 Å². The molecule has 2 aromatic rings. The molecule has 2 aromatic carbocycles. The van der Waals surface area contributed by atoms with Gasteiger partial charge in [-0.25, -0.2) is 4.99 Å². The zero-order valence-electron chi connectivity index (χ0n) is 12.0. The topological polar surface area (TPSA) is 39.7 Å². The molecule has 4 nitrogen and oxygen atoms in total. The fraction of sp³-hybridized carbons (Fsp3) is 0.235. The maximum absolute atomic E-state index is 4.78. The van der Waals surface area contributed by atoms with Crippen LogP contribution in [0.3, 0.4) is 0 Å². The zero-order chi connectivity index (χ0) is 14.3. The van der Waals surface area contributed by atoms with Crippen LogP contribution in [0.5, 0.6) is 0 Å². The standard InChI is InChI=1S/C17H20N4/c1-3-7-15(8-4-1)19-17(21-13-11-18-12-14-21)20-16-9-5-2-6-10-16/h1-10,18H,11-14H2,(H,19,20). The first kappa shape index (κ1) is 13.6. The van der Waals surface area contributed by atoms with Gasteiger partial charge in [0.05, 0.1) is 5.69 Å². The molecule has 3 rings (SSSR count). The predicted octanol–water partition coefficient (Wildman–Crippen LogP) is 2.69. The third kappa shape index (κ3) is 3.83. The monoisotopic (exact) mass is 280 g/mol. The molecule has 1 saturated heterocycles. The molecule has 0 aromatic heterocycles. The molecule has 0 spiro atoms. The highest BCUT2D eigenvalue weighted by Gasteiger charge is 2.14. The Labute approximate surface area is 125 Å². The molecule has 4 heteroatoms. The van der Waals surface area contributed by atoms with Crippen molar-refractivity contribution in [3.8, 4) is 0 Å². The molecule has 108 valence electrons. The molecule has 1 aliphatic rings. The Bertz CT molecular complexity index is 574. The van der Waals surface area contributed by atoms with Crippen molar-refractivity contribution in [3.05, 3.63) is 60.7 Å². The van der Waals surface area contributed by atoms with Gasteiger partial charge in [0.2, 0.25) is 5.96 Å². The Balaban J connectivity index is 1.85. The molecule has 2 N–H and O–H groups in total. The van der Waals surface area contributed by atoms with Gasteiger partial charge >= 0.3 is 0 Å². The number of anilines is 1. The lowest BCUT2D eigenvalue weighted by Crippen LogP contribution is -2.48. The molecule has 0 atom stereocenters. The molecular formula is C17H20N4. The predicted molar refractivity (Wildman–Crippen MR) is 88.0 cm³/mol.